The molecule has 2 rings (SSSR count). The SMILES string of the molecule is CC(=CCCN)Cc1ccn(C2CCCC2)n1. The van der Waals surface area contributed by atoms with Crippen LogP contribution in [0.5, 0.6) is 0 Å². The van der Waals surface area contributed by atoms with Crippen LogP contribution >= 0.6 is 0 Å². The molecule has 0 radical (unpaired) electrons. The molecule has 1 heterocycles. The predicted molar refractivity (Wildman–Crippen MR) is 70.9 cm³/mol. The zero-order valence-corrected chi connectivity index (χ0v) is 10.7. The van der Waals surface area contributed by atoms with E-state index in [2.05, 4.69) is 35.0 Å². The van der Waals surface area contributed by atoms with Crippen LogP contribution in [0.25, 0.3) is 0 Å². The van der Waals surface area contributed by atoms with Crippen molar-refractivity contribution in [1.29, 1.82) is 0 Å². The summed E-state index contributed by atoms with van der Waals surface area (Å²) in [6, 6.07) is 2.80. The first kappa shape index (κ1) is 12.4. The Morgan fingerprint density at radius 3 is 3.00 bits per heavy atom. The van der Waals surface area contributed by atoms with Crippen molar-refractivity contribution in [3.8, 4) is 0 Å². The number of nitrogens with two attached hydrogens (primary N) is 1. The summed E-state index contributed by atoms with van der Waals surface area (Å²) in [6.45, 7) is 2.89. The molecule has 0 spiro atoms. The molecule has 0 amide bonds. The Kier molecular flexibility index (Phi) is 4.37. The van der Waals surface area contributed by atoms with Gasteiger partial charge in [0.05, 0.1) is 11.7 Å². The summed E-state index contributed by atoms with van der Waals surface area (Å²) in [5.41, 5.74) is 8.04. The molecule has 3 heteroatoms. The Morgan fingerprint density at radius 2 is 2.29 bits per heavy atom. The van der Waals surface area contributed by atoms with E-state index in [1.54, 1.807) is 0 Å². The summed E-state index contributed by atoms with van der Waals surface area (Å²) < 4.78 is 2.17. The second-order valence-corrected chi connectivity index (χ2v) is 5.03. The monoisotopic (exact) mass is 233 g/mol. The lowest BCUT2D eigenvalue weighted by Crippen LogP contribution is -2.05. The van der Waals surface area contributed by atoms with Crippen molar-refractivity contribution < 1.29 is 0 Å². The minimum Gasteiger partial charge on any atom is -0.330 e. The topological polar surface area (TPSA) is 43.8 Å². The third-order valence-corrected chi connectivity index (χ3v) is 3.48. The standard InChI is InChI=1S/C14H23N3/c1-12(5-4-9-15)11-13-8-10-17(16-13)14-6-2-3-7-14/h5,8,10,14H,2-4,6-7,9,11,15H2,1H3. The van der Waals surface area contributed by atoms with Gasteiger partial charge in [0.1, 0.15) is 0 Å². The maximum absolute atomic E-state index is 5.49. The number of rotatable bonds is 5. The van der Waals surface area contributed by atoms with Gasteiger partial charge in [0.25, 0.3) is 0 Å². The molecule has 0 bridgehead atoms. The largest absolute Gasteiger partial charge is 0.330 e. The Bertz CT molecular complexity index is 373. The Hall–Kier alpha value is -1.09. The molecule has 0 atom stereocenters. The van der Waals surface area contributed by atoms with Crippen LogP contribution in [-0.4, -0.2) is 16.3 Å². The molecule has 1 aromatic heterocycles. The van der Waals surface area contributed by atoms with E-state index >= 15 is 0 Å². The maximum atomic E-state index is 5.49. The first-order valence-electron chi connectivity index (χ1n) is 6.69. The molecule has 1 aliphatic rings. The van der Waals surface area contributed by atoms with E-state index in [4.69, 9.17) is 5.73 Å². The van der Waals surface area contributed by atoms with E-state index in [9.17, 15) is 0 Å². The number of hydrogen-bond acceptors (Lipinski definition) is 2. The molecule has 0 aliphatic heterocycles. The average Bonchev–Trinajstić information content (AvgIpc) is 2.95. The number of hydrogen-bond donors (Lipinski definition) is 1. The highest BCUT2D eigenvalue weighted by Crippen LogP contribution is 2.28. The van der Waals surface area contributed by atoms with Gasteiger partial charge in [-0.1, -0.05) is 24.5 Å². The fourth-order valence-electron chi connectivity index (χ4n) is 2.53. The molecule has 2 N–H and O–H groups in total. The van der Waals surface area contributed by atoms with Crippen LogP contribution in [0.4, 0.5) is 0 Å². The second-order valence-electron chi connectivity index (χ2n) is 5.03. The fourth-order valence-corrected chi connectivity index (χ4v) is 2.53. The van der Waals surface area contributed by atoms with Gasteiger partial charge in [0.2, 0.25) is 0 Å². The van der Waals surface area contributed by atoms with E-state index in [0.717, 1.165) is 19.4 Å². The number of nitrogens with zero attached hydrogens (tertiary/aromatic N) is 2. The molecule has 0 aromatic carbocycles. The Balaban J connectivity index is 1.93. The van der Waals surface area contributed by atoms with Crippen molar-refractivity contribution >= 4 is 0 Å². The molecule has 3 nitrogen and oxygen atoms in total. The van der Waals surface area contributed by atoms with Crippen molar-refractivity contribution in [2.75, 3.05) is 6.54 Å². The first-order chi connectivity index (χ1) is 8.29. The molecule has 0 unspecified atom stereocenters. The third-order valence-electron chi connectivity index (χ3n) is 3.48. The highest BCUT2D eigenvalue weighted by molar-refractivity contribution is 5.12. The van der Waals surface area contributed by atoms with Crippen molar-refractivity contribution in [2.45, 2.75) is 51.5 Å². The molecule has 1 aliphatic carbocycles. The Labute approximate surface area is 104 Å². The van der Waals surface area contributed by atoms with Gasteiger partial charge in [-0.2, -0.15) is 5.10 Å². The minimum absolute atomic E-state index is 0.650. The predicted octanol–water partition coefficient (Wildman–Crippen LogP) is 2.84. The second kappa shape index (κ2) is 6.01. The Morgan fingerprint density at radius 1 is 1.53 bits per heavy atom. The van der Waals surface area contributed by atoms with Crippen molar-refractivity contribution in [1.82, 2.24) is 9.78 Å². The molecule has 1 fully saturated rings. The van der Waals surface area contributed by atoms with Crippen LogP contribution in [0.2, 0.25) is 0 Å². The van der Waals surface area contributed by atoms with Crippen LogP contribution < -0.4 is 5.73 Å². The highest BCUT2D eigenvalue weighted by Gasteiger charge is 2.17. The number of aromatic nitrogens is 2. The summed E-state index contributed by atoms with van der Waals surface area (Å²) in [6.07, 6.45) is 11.6. The molecular formula is C14H23N3. The van der Waals surface area contributed by atoms with Crippen LogP contribution in [0.15, 0.2) is 23.9 Å². The summed E-state index contributed by atoms with van der Waals surface area (Å²) in [5, 5.41) is 4.68. The van der Waals surface area contributed by atoms with E-state index < -0.39 is 0 Å². The lowest BCUT2D eigenvalue weighted by molar-refractivity contribution is 0.463. The van der Waals surface area contributed by atoms with Gasteiger partial charge >= 0.3 is 0 Å². The van der Waals surface area contributed by atoms with Gasteiger partial charge in [-0.15, -0.1) is 0 Å². The quantitative estimate of drug-likeness (QED) is 0.795. The van der Waals surface area contributed by atoms with E-state index in [0.29, 0.717) is 6.04 Å². The van der Waals surface area contributed by atoms with Gasteiger partial charge in [0, 0.05) is 12.6 Å². The highest BCUT2D eigenvalue weighted by atomic mass is 15.3. The van der Waals surface area contributed by atoms with Crippen LogP contribution in [0.1, 0.15) is 50.8 Å². The van der Waals surface area contributed by atoms with E-state index in [-0.39, 0.29) is 0 Å². The van der Waals surface area contributed by atoms with Crippen molar-refractivity contribution in [2.24, 2.45) is 5.73 Å². The lowest BCUT2D eigenvalue weighted by Gasteiger charge is -2.08. The minimum atomic E-state index is 0.650. The zero-order chi connectivity index (χ0) is 12.1. The summed E-state index contributed by atoms with van der Waals surface area (Å²) in [4.78, 5) is 0. The maximum Gasteiger partial charge on any atom is 0.0664 e. The molecule has 0 saturated heterocycles. The van der Waals surface area contributed by atoms with Crippen LogP contribution in [-0.2, 0) is 6.42 Å². The lowest BCUT2D eigenvalue weighted by atomic mass is 10.1. The summed E-state index contributed by atoms with van der Waals surface area (Å²) >= 11 is 0. The van der Waals surface area contributed by atoms with Gasteiger partial charge in [-0.25, -0.2) is 0 Å². The molecule has 1 saturated carbocycles. The molecule has 1 aromatic rings. The zero-order valence-electron chi connectivity index (χ0n) is 10.7. The molecule has 94 valence electrons. The van der Waals surface area contributed by atoms with Gasteiger partial charge < -0.3 is 5.73 Å². The first-order valence-corrected chi connectivity index (χ1v) is 6.69. The third kappa shape index (κ3) is 3.43. The van der Waals surface area contributed by atoms with Gasteiger partial charge in [-0.3, -0.25) is 4.68 Å². The van der Waals surface area contributed by atoms with Gasteiger partial charge in [-0.05, 0) is 38.8 Å². The smallest absolute Gasteiger partial charge is 0.0664 e. The van der Waals surface area contributed by atoms with Crippen LogP contribution in [0, 0.1) is 0 Å². The van der Waals surface area contributed by atoms with E-state index in [1.807, 2.05) is 0 Å². The molecular weight excluding hydrogens is 210 g/mol. The van der Waals surface area contributed by atoms with Crippen molar-refractivity contribution in [3.05, 3.63) is 29.6 Å². The normalized spacial score (nSPS) is 17.9. The summed E-state index contributed by atoms with van der Waals surface area (Å²) in [5.74, 6) is 0. The molecule has 17 heavy (non-hydrogen) atoms. The van der Waals surface area contributed by atoms with Crippen LogP contribution in [0.3, 0.4) is 0 Å². The fraction of sp³-hybridized carbons (Fsp3) is 0.643. The summed E-state index contributed by atoms with van der Waals surface area (Å²) in [7, 11) is 0. The van der Waals surface area contributed by atoms with E-state index in [1.165, 1.54) is 37.0 Å². The number of allylic oxidation sites excluding steroid dienone is 1. The van der Waals surface area contributed by atoms with Crippen molar-refractivity contribution in [3.63, 3.8) is 0 Å². The van der Waals surface area contributed by atoms with Gasteiger partial charge in [0.15, 0.2) is 0 Å². The average molecular weight is 233 g/mol.